The fourth-order valence-electron chi connectivity index (χ4n) is 2.70. The predicted molar refractivity (Wildman–Crippen MR) is 60.7 cm³/mol. The summed E-state index contributed by atoms with van der Waals surface area (Å²) < 4.78 is 5.09. The zero-order valence-electron chi connectivity index (χ0n) is 10.3. The summed E-state index contributed by atoms with van der Waals surface area (Å²) in [5.41, 5.74) is 0. The van der Waals surface area contributed by atoms with Crippen LogP contribution in [0.25, 0.3) is 0 Å². The Kier molecular flexibility index (Phi) is 4.58. The SMILES string of the molecule is CCOC(=O)C1CC(C)N(CC)C(C)C1. The van der Waals surface area contributed by atoms with Gasteiger partial charge in [0, 0.05) is 12.1 Å². The van der Waals surface area contributed by atoms with Gasteiger partial charge in [-0.05, 0) is 40.2 Å². The first-order valence-corrected chi connectivity index (χ1v) is 6.02. The fourth-order valence-corrected chi connectivity index (χ4v) is 2.70. The van der Waals surface area contributed by atoms with Crippen LogP contribution in [0.2, 0.25) is 0 Å². The van der Waals surface area contributed by atoms with E-state index in [2.05, 4.69) is 25.7 Å². The lowest BCUT2D eigenvalue weighted by atomic mass is 9.87. The zero-order chi connectivity index (χ0) is 11.4. The van der Waals surface area contributed by atoms with Crippen molar-refractivity contribution >= 4 is 5.97 Å². The summed E-state index contributed by atoms with van der Waals surface area (Å²) in [4.78, 5) is 14.1. The van der Waals surface area contributed by atoms with Gasteiger partial charge in [-0.25, -0.2) is 0 Å². The van der Waals surface area contributed by atoms with E-state index >= 15 is 0 Å². The highest BCUT2D eigenvalue weighted by Gasteiger charge is 2.34. The molecule has 3 nitrogen and oxygen atoms in total. The smallest absolute Gasteiger partial charge is 0.309 e. The lowest BCUT2D eigenvalue weighted by Crippen LogP contribution is -2.48. The quantitative estimate of drug-likeness (QED) is 0.672. The van der Waals surface area contributed by atoms with Crippen LogP contribution in [0.3, 0.4) is 0 Å². The first-order chi connectivity index (χ1) is 7.10. The molecular formula is C12H23NO2. The van der Waals surface area contributed by atoms with Crippen molar-refractivity contribution in [1.29, 1.82) is 0 Å². The number of piperidine rings is 1. The van der Waals surface area contributed by atoms with E-state index in [1.165, 1.54) is 0 Å². The minimum atomic E-state index is -0.00745. The van der Waals surface area contributed by atoms with Crippen molar-refractivity contribution < 1.29 is 9.53 Å². The summed E-state index contributed by atoms with van der Waals surface area (Å²) in [5.74, 6) is 0.102. The van der Waals surface area contributed by atoms with Crippen molar-refractivity contribution in [3.8, 4) is 0 Å². The van der Waals surface area contributed by atoms with Crippen LogP contribution >= 0.6 is 0 Å². The molecule has 0 spiro atoms. The molecule has 1 aliphatic heterocycles. The van der Waals surface area contributed by atoms with Gasteiger partial charge in [0.25, 0.3) is 0 Å². The molecule has 2 unspecified atom stereocenters. The first kappa shape index (κ1) is 12.5. The van der Waals surface area contributed by atoms with Crippen molar-refractivity contribution in [1.82, 2.24) is 4.90 Å². The number of likely N-dealkylation sites (tertiary alicyclic amines) is 1. The van der Waals surface area contributed by atoms with Crippen LogP contribution < -0.4 is 0 Å². The number of nitrogens with zero attached hydrogens (tertiary/aromatic N) is 1. The average Bonchev–Trinajstić information content (AvgIpc) is 2.17. The summed E-state index contributed by atoms with van der Waals surface area (Å²) in [5, 5.41) is 0. The first-order valence-electron chi connectivity index (χ1n) is 6.02. The number of carbonyl (C=O) groups excluding carboxylic acids is 1. The monoisotopic (exact) mass is 213 g/mol. The third kappa shape index (κ3) is 2.94. The highest BCUT2D eigenvalue weighted by atomic mass is 16.5. The molecule has 0 amide bonds. The Morgan fingerprint density at radius 3 is 2.20 bits per heavy atom. The maximum atomic E-state index is 11.6. The van der Waals surface area contributed by atoms with Gasteiger partial charge in [0.15, 0.2) is 0 Å². The fraction of sp³-hybridized carbons (Fsp3) is 0.917. The molecule has 0 aliphatic carbocycles. The maximum absolute atomic E-state index is 11.6. The molecule has 15 heavy (non-hydrogen) atoms. The van der Waals surface area contributed by atoms with Gasteiger partial charge in [-0.15, -0.1) is 0 Å². The highest BCUT2D eigenvalue weighted by molar-refractivity contribution is 5.72. The molecule has 0 radical (unpaired) electrons. The summed E-state index contributed by atoms with van der Waals surface area (Å²) in [6.45, 7) is 10.0. The molecule has 1 saturated heterocycles. The van der Waals surface area contributed by atoms with E-state index < -0.39 is 0 Å². The van der Waals surface area contributed by atoms with Gasteiger partial charge in [-0.1, -0.05) is 6.92 Å². The molecule has 0 N–H and O–H groups in total. The number of hydrogen-bond donors (Lipinski definition) is 0. The van der Waals surface area contributed by atoms with Crippen LogP contribution in [0.5, 0.6) is 0 Å². The van der Waals surface area contributed by atoms with Crippen molar-refractivity contribution in [2.75, 3.05) is 13.2 Å². The van der Waals surface area contributed by atoms with E-state index in [1.54, 1.807) is 0 Å². The van der Waals surface area contributed by atoms with Crippen LogP contribution in [-0.2, 0) is 9.53 Å². The van der Waals surface area contributed by atoms with E-state index in [4.69, 9.17) is 4.74 Å². The van der Waals surface area contributed by atoms with E-state index in [0.717, 1.165) is 19.4 Å². The lowest BCUT2D eigenvalue weighted by Gasteiger charge is -2.41. The summed E-state index contributed by atoms with van der Waals surface area (Å²) >= 11 is 0. The lowest BCUT2D eigenvalue weighted by molar-refractivity contribution is -0.151. The normalized spacial score (nSPS) is 32.7. The second kappa shape index (κ2) is 5.50. The van der Waals surface area contributed by atoms with Crippen LogP contribution in [-0.4, -0.2) is 36.1 Å². The maximum Gasteiger partial charge on any atom is 0.309 e. The molecular weight excluding hydrogens is 190 g/mol. The van der Waals surface area contributed by atoms with Gasteiger partial charge in [0.05, 0.1) is 12.5 Å². The highest BCUT2D eigenvalue weighted by Crippen LogP contribution is 2.28. The largest absolute Gasteiger partial charge is 0.466 e. The van der Waals surface area contributed by atoms with Crippen LogP contribution in [0.4, 0.5) is 0 Å². The number of carbonyl (C=O) groups is 1. The zero-order valence-corrected chi connectivity index (χ0v) is 10.3. The number of rotatable bonds is 3. The van der Waals surface area contributed by atoms with Gasteiger partial charge in [0.2, 0.25) is 0 Å². The summed E-state index contributed by atoms with van der Waals surface area (Å²) in [6, 6.07) is 0.987. The van der Waals surface area contributed by atoms with E-state index in [9.17, 15) is 4.79 Å². The molecule has 0 aromatic heterocycles. The van der Waals surface area contributed by atoms with Crippen LogP contribution in [0.15, 0.2) is 0 Å². The predicted octanol–water partition coefficient (Wildman–Crippen LogP) is 2.06. The molecule has 0 aromatic rings. The minimum Gasteiger partial charge on any atom is -0.466 e. The summed E-state index contributed by atoms with van der Waals surface area (Å²) in [6.07, 6.45) is 1.88. The molecule has 0 bridgehead atoms. The third-order valence-electron chi connectivity index (χ3n) is 3.37. The van der Waals surface area contributed by atoms with Crippen molar-refractivity contribution in [3.05, 3.63) is 0 Å². The molecule has 1 aliphatic rings. The van der Waals surface area contributed by atoms with Crippen LogP contribution in [0.1, 0.15) is 40.5 Å². The Balaban J connectivity index is 2.56. The Hall–Kier alpha value is -0.570. The van der Waals surface area contributed by atoms with Gasteiger partial charge >= 0.3 is 5.97 Å². The summed E-state index contributed by atoms with van der Waals surface area (Å²) in [7, 11) is 0. The minimum absolute atomic E-state index is 0.00745. The topological polar surface area (TPSA) is 29.5 Å². The Morgan fingerprint density at radius 2 is 1.80 bits per heavy atom. The molecule has 1 rings (SSSR count). The van der Waals surface area contributed by atoms with Crippen molar-refractivity contribution in [2.24, 2.45) is 5.92 Å². The molecule has 88 valence electrons. The molecule has 3 heteroatoms. The van der Waals surface area contributed by atoms with Gasteiger partial charge in [0.1, 0.15) is 0 Å². The Morgan fingerprint density at radius 1 is 1.27 bits per heavy atom. The van der Waals surface area contributed by atoms with Gasteiger partial charge in [-0.3, -0.25) is 9.69 Å². The van der Waals surface area contributed by atoms with E-state index in [1.807, 2.05) is 6.92 Å². The standard InChI is InChI=1S/C12H23NO2/c1-5-13-9(3)7-11(8-10(13)4)12(14)15-6-2/h9-11H,5-8H2,1-4H3. The van der Waals surface area contributed by atoms with Crippen molar-refractivity contribution in [3.63, 3.8) is 0 Å². The molecule has 0 aromatic carbocycles. The second-order valence-electron chi connectivity index (χ2n) is 4.45. The van der Waals surface area contributed by atoms with Gasteiger partial charge < -0.3 is 4.74 Å². The number of hydrogen-bond acceptors (Lipinski definition) is 3. The second-order valence-corrected chi connectivity index (χ2v) is 4.45. The molecule has 2 atom stereocenters. The Bertz CT molecular complexity index is 206. The molecule has 0 saturated carbocycles. The van der Waals surface area contributed by atoms with Gasteiger partial charge in [-0.2, -0.15) is 0 Å². The Labute approximate surface area is 92.8 Å². The van der Waals surface area contributed by atoms with Crippen LogP contribution in [0, 0.1) is 5.92 Å². The van der Waals surface area contributed by atoms with E-state index in [0.29, 0.717) is 18.7 Å². The number of ether oxygens (including phenoxy) is 1. The number of esters is 1. The third-order valence-corrected chi connectivity index (χ3v) is 3.37. The van der Waals surface area contributed by atoms with E-state index in [-0.39, 0.29) is 11.9 Å². The average molecular weight is 213 g/mol. The van der Waals surface area contributed by atoms with Crippen molar-refractivity contribution in [2.45, 2.75) is 52.6 Å². The molecule has 1 heterocycles. The molecule has 1 fully saturated rings.